The molecule has 0 aliphatic carbocycles. The Morgan fingerprint density at radius 1 is 1.17 bits per heavy atom. The van der Waals surface area contributed by atoms with E-state index in [9.17, 15) is 4.79 Å². The summed E-state index contributed by atoms with van der Waals surface area (Å²) < 4.78 is 4.53. The molecule has 1 aliphatic rings. The first-order chi connectivity index (χ1) is 11.1. The number of methoxy groups -OCH3 is 1. The number of anilines is 1. The summed E-state index contributed by atoms with van der Waals surface area (Å²) in [7, 11) is 3.54. The maximum absolute atomic E-state index is 11.0. The van der Waals surface area contributed by atoms with Gasteiger partial charge in [0.15, 0.2) is 0 Å². The summed E-state index contributed by atoms with van der Waals surface area (Å²) in [5, 5.41) is 6.05. The van der Waals surface area contributed by atoms with Crippen molar-refractivity contribution < 1.29 is 9.53 Å². The smallest absolute Gasteiger partial charge is 0.406 e. The molecule has 2 rings (SSSR count). The number of rotatable bonds is 6. The molecule has 6 nitrogen and oxygen atoms in total. The average molecular weight is 320 g/mol. The molecule has 128 valence electrons. The number of nitrogens with one attached hydrogen (secondary N) is 2. The predicted molar refractivity (Wildman–Crippen MR) is 93.0 cm³/mol. The number of nitrogens with zero attached hydrogens (tertiary/aromatic N) is 2. The first-order valence-corrected chi connectivity index (χ1v) is 8.19. The van der Waals surface area contributed by atoms with Crippen molar-refractivity contribution in [1.29, 1.82) is 0 Å². The largest absolute Gasteiger partial charge is 0.453 e. The van der Waals surface area contributed by atoms with E-state index >= 15 is 0 Å². The summed E-state index contributed by atoms with van der Waals surface area (Å²) in [4.78, 5) is 15.8. The van der Waals surface area contributed by atoms with Gasteiger partial charge < -0.3 is 25.2 Å². The third-order valence-corrected chi connectivity index (χ3v) is 4.29. The van der Waals surface area contributed by atoms with E-state index < -0.39 is 6.09 Å². The van der Waals surface area contributed by atoms with Gasteiger partial charge in [0, 0.05) is 51.0 Å². The van der Waals surface area contributed by atoms with Crippen molar-refractivity contribution in [2.24, 2.45) is 0 Å². The van der Waals surface area contributed by atoms with Crippen LogP contribution in [0.2, 0.25) is 0 Å². The minimum atomic E-state index is -0.393. The van der Waals surface area contributed by atoms with Gasteiger partial charge in [-0.2, -0.15) is 0 Å². The molecule has 0 radical (unpaired) electrons. The minimum absolute atomic E-state index is 0.246. The van der Waals surface area contributed by atoms with Crippen LogP contribution in [0.15, 0.2) is 24.3 Å². The Morgan fingerprint density at radius 2 is 1.83 bits per heavy atom. The number of piperazine rings is 1. The van der Waals surface area contributed by atoms with Crippen LogP contribution in [0.25, 0.3) is 0 Å². The number of benzene rings is 1. The van der Waals surface area contributed by atoms with Gasteiger partial charge in [-0.3, -0.25) is 0 Å². The van der Waals surface area contributed by atoms with E-state index in [1.165, 1.54) is 18.4 Å². The Labute approximate surface area is 138 Å². The number of carbonyl (C=O) groups excluding carboxylic acids is 1. The second-order valence-corrected chi connectivity index (χ2v) is 5.98. The van der Waals surface area contributed by atoms with Crippen molar-refractivity contribution >= 4 is 11.8 Å². The van der Waals surface area contributed by atoms with Gasteiger partial charge in [0.2, 0.25) is 0 Å². The standard InChI is InChI=1S/C17H28N4O2/c1-14(18-8-9-19-17(22)23-3)15-4-6-16(7-5-15)21-12-10-20(2)11-13-21/h4-7,14,18H,8-13H2,1-3H3,(H,19,22). The SMILES string of the molecule is COC(=O)NCCNC(C)c1ccc(N2CCN(C)CC2)cc1. The summed E-state index contributed by atoms with van der Waals surface area (Å²) in [5.41, 5.74) is 2.54. The fourth-order valence-corrected chi connectivity index (χ4v) is 2.68. The highest BCUT2D eigenvalue weighted by Crippen LogP contribution is 2.20. The van der Waals surface area contributed by atoms with E-state index in [1.54, 1.807) is 0 Å². The van der Waals surface area contributed by atoms with Gasteiger partial charge in [-0.15, -0.1) is 0 Å². The monoisotopic (exact) mass is 320 g/mol. The van der Waals surface area contributed by atoms with E-state index in [1.807, 2.05) is 0 Å². The molecule has 1 aromatic rings. The first-order valence-electron chi connectivity index (χ1n) is 8.19. The van der Waals surface area contributed by atoms with Crippen LogP contribution in [0.1, 0.15) is 18.5 Å². The van der Waals surface area contributed by atoms with Gasteiger partial charge in [-0.25, -0.2) is 4.79 Å². The van der Waals surface area contributed by atoms with E-state index in [0.717, 1.165) is 26.2 Å². The molecule has 1 amide bonds. The van der Waals surface area contributed by atoms with Crippen molar-refractivity contribution in [2.75, 3.05) is 58.3 Å². The molecule has 1 aliphatic heterocycles. The number of ether oxygens (including phenoxy) is 1. The van der Waals surface area contributed by atoms with Crippen molar-refractivity contribution in [2.45, 2.75) is 13.0 Å². The molecule has 0 bridgehead atoms. The summed E-state index contributed by atoms with van der Waals surface area (Å²) in [5.74, 6) is 0. The maximum atomic E-state index is 11.0. The molecule has 1 aromatic carbocycles. The second kappa shape index (κ2) is 8.74. The van der Waals surface area contributed by atoms with Gasteiger partial charge in [0.25, 0.3) is 0 Å². The van der Waals surface area contributed by atoms with E-state index in [4.69, 9.17) is 0 Å². The van der Waals surface area contributed by atoms with Crippen molar-refractivity contribution in [3.8, 4) is 0 Å². The molecule has 0 spiro atoms. The van der Waals surface area contributed by atoms with E-state index in [-0.39, 0.29) is 6.04 Å². The summed E-state index contributed by atoms with van der Waals surface area (Å²) >= 11 is 0. The minimum Gasteiger partial charge on any atom is -0.453 e. The van der Waals surface area contributed by atoms with Crippen molar-refractivity contribution in [1.82, 2.24) is 15.5 Å². The zero-order valence-electron chi connectivity index (χ0n) is 14.3. The number of hydrogen-bond acceptors (Lipinski definition) is 5. The number of carbonyl (C=O) groups is 1. The topological polar surface area (TPSA) is 56.8 Å². The highest BCUT2D eigenvalue weighted by Gasteiger charge is 2.14. The zero-order valence-corrected chi connectivity index (χ0v) is 14.3. The van der Waals surface area contributed by atoms with Crippen molar-refractivity contribution in [3.63, 3.8) is 0 Å². The second-order valence-electron chi connectivity index (χ2n) is 5.98. The Bertz CT molecular complexity index is 484. The van der Waals surface area contributed by atoms with Gasteiger partial charge >= 0.3 is 6.09 Å². The summed E-state index contributed by atoms with van der Waals surface area (Å²) in [6.07, 6.45) is -0.393. The lowest BCUT2D eigenvalue weighted by Gasteiger charge is -2.34. The van der Waals surface area contributed by atoms with Gasteiger partial charge in [-0.1, -0.05) is 12.1 Å². The predicted octanol–water partition coefficient (Wildman–Crippen LogP) is 1.45. The molecule has 1 heterocycles. The quantitative estimate of drug-likeness (QED) is 0.777. The number of alkyl carbamates (subject to hydrolysis) is 1. The lowest BCUT2D eigenvalue weighted by atomic mass is 10.1. The summed E-state index contributed by atoms with van der Waals surface area (Å²) in [6, 6.07) is 9.01. The number of hydrogen-bond donors (Lipinski definition) is 2. The highest BCUT2D eigenvalue weighted by atomic mass is 16.5. The molecule has 1 fully saturated rings. The normalized spacial score (nSPS) is 16.9. The Hall–Kier alpha value is -1.79. The molecular formula is C17H28N4O2. The van der Waals surface area contributed by atoms with E-state index in [2.05, 4.69) is 63.4 Å². The lowest BCUT2D eigenvalue weighted by Crippen LogP contribution is -2.44. The van der Waals surface area contributed by atoms with Crippen LogP contribution in [0, 0.1) is 0 Å². The average Bonchev–Trinajstić information content (AvgIpc) is 2.59. The Kier molecular flexibility index (Phi) is 6.67. The molecule has 0 saturated carbocycles. The fraction of sp³-hybridized carbons (Fsp3) is 0.588. The fourth-order valence-electron chi connectivity index (χ4n) is 2.68. The lowest BCUT2D eigenvalue weighted by molar-refractivity contribution is 0.171. The van der Waals surface area contributed by atoms with Crippen LogP contribution in [-0.2, 0) is 4.74 Å². The Balaban J connectivity index is 1.78. The van der Waals surface area contributed by atoms with Gasteiger partial charge in [-0.05, 0) is 31.7 Å². The molecule has 1 saturated heterocycles. The van der Waals surface area contributed by atoms with Gasteiger partial charge in [0.1, 0.15) is 0 Å². The number of likely N-dealkylation sites (N-methyl/N-ethyl adjacent to an activating group) is 1. The van der Waals surface area contributed by atoms with Crippen LogP contribution in [0.4, 0.5) is 10.5 Å². The van der Waals surface area contributed by atoms with E-state index in [0.29, 0.717) is 13.1 Å². The maximum Gasteiger partial charge on any atom is 0.406 e. The van der Waals surface area contributed by atoms with Gasteiger partial charge in [0.05, 0.1) is 7.11 Å². The molecule has 6 heteroatoms. The summed E-state index contributed by atoms with van der Waals surface area (Å²) in [6.45, 7) is 7.79. The third-order valence-electron chi connectivity index (χ3n) is 4.29. The molecule has 23 heavy (non-hydrogen) atoms. The van der Waals surface area contributed by atoms with Crippen LogP contribution >= 0.6 is 0 Å². The zero-order chi connectivity index (χ0) is 16.7. The van der Waals surface area contributed by atoms with Crippen LogP contribution in [0.5, 0.6) is 0 Å². The van der Waals surface area contributed by atoms with Crippen LogP contribution < -0.4 is 15.5 Å². The Morgan fingerprint density at radius 3 is 2.43 bits per heavy atom. The molecule has 2 N–H and O–H groups in total. The molecule has 0 aromatic heterocycles. The molecular weight excluding hydrogens is 292 g/mol. The first kappa shape index (κ1) is 17.6. The molecule has 1 unspecified atom stereocenters. The third kappa shape index (κ3) is 5.41. The number of amides is 1. The van der Waals surface area contributed by atoms with Crippen LogP contribution in [0.3, 0.4) is 0 Å². The molecule has 1 atom stereocenters. The van der Waals surface area contributed by atoms with Crippen LogP contribution in [-0.4, -0.2) is 64.4 Å². The highest BCUT2D eigenvalue weighted by molar-refractivity contribution is 5.66. The van der Waals surface area contributed by atoms with Crippen molar-refractivity contribution in [3.05, 3.63) is 29.8 Å².